The fourth-order valence-electron chi connectivity index (χ4n) is 0.969. The summed E-state index contributed by atoms with van der Waals surface area (Å²) in [6.45, 7) is -0.192. The molecule has 0 aliphatic carbocycles. The number of hydrogen-bond donors (Lipinski definition) is 1. The van der Waals surface area contributed by atoms with Crippen LogP contribution in [0.5, 0.6) is 0 Å². The minimum absolute atomic E-state index is 0. The van der Waals surface area contributed by atoms with Crippen molar-refractivity contribution in [3.63, 3.8) is 0 Å². The number of nitrogens with zero attached hydrogens (tertiary/aromatic N) is 1. The Kier molecular flexibility index (Phi) is 4.87. The summed E-state index contributed by atoms with van der Waals surface area (Å²) in [4.78, 5) is 35.7. The summed E-state index contributed by atoms with van der Waals surface area (Å²) in [7, 11) is -4.64. The van der Waals surface area contributed by atoms with E-state index in [1.165, 1.54) is 0 Å². The number of imide groups is 1. The maximum absolute atomic E-state index is 11.0. The van der Waals surface area contributed by atoms with Crippen molar-refractivity contribution in [3.05, 3.63) is 0 Å². The molecule has 10 heteroatoms. The number of rotatable bonds is 3. The maximum Gasteiger partial charge on any atom is 1.00 e. The Hall–Kier alpha value is -0.480. The molecule has 1 unspecified atom stereocenters. The summed E-state index contributed by atoms with van der Waals surface area (Å²) < 4.78 is 29.6. The van der Waals surface area contributed by atoms with Crippen LogP contribution in [-0.4, -0.2) is 41.6 Å². The summed E-state index contributed by atoms with van der Waals surface area (Å²) in [5.41, 5.74) is 0. The molecule has 1 heterocycles. The summed E-state index contributed by atoms with van der Waals surface area (Å²) in [6.07, 6.45) is -0.731. The van der Waals surface area contributed by atoms with Gasteiger partial charge in [-0.25, -0.2) is 0 Å². The van der Waals surface area contributed by atoms with E-state index in [-0.39, 0.29) is 42.5 Å². The largest absolute Gasteiger partial charge is 1.00 e. The minimum atomic E-state index is -4.64. The molecule has 0 aromatic carbocycles. The van der Waals surface area contributed by atoms with Gasteiger partial charge >= 0.3 is 36.0 Å². The van der Waals surface area contributed by atoms with E-state index in [1.54, 1.807) is 0 Å². The van der Waals surface area contributed by atoms with Crippen LogP contribution in [0.25, 0.3) is 0 Å². The number of carbonyl (C=O) groups is 3. The number of amides is 2. The van der Waals surface area contributed by atoms with Crippen molar-refractivity contribution in [3.8, 4) is 0 Å². The van der Waals surface area contributed by atoms with Gasteiger partial charge in [0.25, 0.3) is 21.9 Å². The first-order valence-electron chi connectivity index (χ1n) is 3.31. The molecule has 1 aliphatic rings. The number of hydroxylamine groups is 2. The zero-order valence-electron chi connectivity index (χ0n) is 8.61. The zero-order chi connectivity index (χ0) is 10.9. The van der Waals surface area contributed by atoms with Crippen LogP contribution in [0.3, 0.4) is 0 Å². The van der Waals surface area contributed by atoms with Crippen molar-refractivity contribution < 1.29 is 63.2 Å². The Balaban J connectivity index is 0. The fourth-order valence-corrected chi connectivity index (χ4v) is 1.67. The van der Waals surface area contributed by atoms with E-state index in [0.717, 1.165) is 0 Å². The first-order chi connectivity index (χ1) is 6.38. The van der Waals surface area contributed by atoms with E-state index in [2.05, 4.69) is 4.84 Å². The van der Waals surface area contributed by atoms with Gasteiger partial charge in [-0.2, -0.15) is 8.42 Å². The van der Waals surface area contributed by atoms with Gasteiger partial charge in [-0.05, 0) is 0 Å². The third-order valence-electron chi connectivity index (χ3n) is 1.57. The van der Waals surface area contributed by atoms with Crippen LogP contribution in [-0.2, 0) is 29.3 Å². The normalized spacial score (nSPS) is 21.1. The molecule has 80 valence electrons. The quantitative estimate of drug-likeness (QED) is 0.230. The van der Waals surface area contributed by atoms with Gasteiger partial charge in [0.1, 0.15) is 0 Å². The van der Waals surface area contributed by atoms with Crippen molar-refractivity contribution in [2.24, 2.45) is 0 Å². The van der Waals surface area contributed by atoms with Crippen LogP contribution in [0.1, 0.15) is 7.85 Å². The van der Waals surface area contributed by atoms with Crippen LogP contribution in [0.15, 0.2) is 0 Å². The molecule has 0 spiro atoms. The van der Waals surface area contributed by atoms with Gasteiger partial charge in [0.15, 0.2) is 5.25 Å². The predicted octanol–water partition coefficient (Wildman–Crippen LogP) is -4.79. The molecule has 0 bridgehead atoms. The molecule has 1 atom stereocenters. The van der Waals surface area contributed by atoms with Crippen molar-refractivity contribution >= 4 is 28.4 Å². The number of hydrogen-bond acceptors (Lipinski definition) is 6. The second-order valence-electron chi connectivity index (χ2n) is 2.44. The van der Waals surface area contributed by atoms with E-state index in [4.69, 9.17) is 4.55 Å². The Morgan fingerprint density at radius 1 is 1.53 bits per heavy atom. The fraction of sp³-hybridized carbons (Fsp3) is 0.400. The van der Waals surface area contributed by atoms with Gasteiger partial charge in [0, 0.05) is 0 Å². The Labute approximate surface area is 108 Å². The Morgan fingerprint density at radius 2 is 2.07 bits per heavy atom. The van der Waals surface area contributed by atoms with Crippen molar-refractivity contribution in [2.45, 2.75) is 11.7 Å². The smallest absolute Gasteiger partial charge is 1.00 e. The average Bonchev–Trinajstić information content (AvgIpc) is 2.31. The van der Waals surface area contributed by atoms with Gasteiger partial charge in [0.05, 0.1) is 6.42 Å². The van der Waals surface area contributed by atoms with Crippen molar-refractivity contribution in [2.75, 3.05) is 0 Å². The van der Waals surface area contributed by atoms with Crippen molar-refractivity contribution in [1.29, 1.82) is 0 Å². The molecule has 1 aliphatic heterocycles. The topological polar surface area (TPSA) is 118 Å². The summed E-state index contributed by atoms with van der Waals surface area (Å²) in [6, 6.07) is 0. The molecule has 8 nitrogen and oxygen atoms in total. The molecule has 1 rings (SSSR count). The van der Waals surface area contributed by atoms with E-state index >= 15 is 0 Å². The van der Waals surface area contributed by atoms with E-state index in [1.807, 2.05) is 0 Å². The van der Waals surface area contributed by atoms with E-state index in [0.29, 0.717) is 0 Å². The van der Waals surface area contributed by atoms with Crippen LogP contribution in [0, 0.1) is 0 Å². The molecular weight excluding hydrogens is 241 g/mol. The second-order valence-corrected chi connectivity index (χ2v) is 4.03. The summed E-state index contributed by atoms with van der Waals surface area (Å²) in [5, 5.41) is -1.87. The van der Waals surface area contributed by atoms with Crippen LogP contribution in [0.4, 0.5) is 0 Å². The molecule has 0 saturated carbocycles. The van der Waals surface area contributed by atoms with Gasteiger partial charge in [-0.3, -0.25) is 18.9 Å². The predicted molar refractivity (Wildman–Crippen MR) is 40.1 cm³/mol. The molecule has 1 saturated heterocycles. The maximum atomic E-state index is 11.0. The van der Waals surface area contributed by atoms with Crippen LogP contribution in [0.2, 0.25) is 0 Å². The molecule has 0 radical (unpaired) electrons. The van der Waals surface area contributed by atoms with Gasteiger partial charge in [-0.15, -0.1) is 5.06 Å². The molecule has 15 heavy (non-hydrogen) atoms. The molecule has 1 N–H and O–H groups in total. The Bertz CT molecular complexity index is 396. The van der Waals surface area contributed by atoms with Crippen LogP contribution >= 0.6 is 0 Å². The molecule has 0 aromatic heterocycles. The van der Waals surface area contributed by atoms with E-state index < -0.39 is 33.6 Å². The third-order valence-corrected chi connectivity index (χ3v) is 2.66. The first kappa shape index (κ1) is 14.5. The third kappa shape index (κ3) is 2.98. The first-order valence-corrected chi connectivity index (χ1v) is 4.81. The second kappa shape index (κ2) is 5.03. The van der Waals surface area contributed by atoms with E-state index in [9.17, 15) is 22.8 Å². The summed E-state index contributed by atoms with van der Waals surface area (Å²) >= 11 is 0. The number of carbonyl (C=O) groups excluding carboxylic acids is 3. The standard InChI is InChI=1S/C5H5NO7S.Na.H/c7-2-13-6-4(8)1-3(5(6)9)14(10,11)12;;/h2-3H,1H2,(H,10,11,12);;/q;+1;-1. The minimum Gasteiger partial charge on any atom is -1.00 e. The molecular formula is C5H6NNaO7S. The molecule has 2 amide bonds. The van der Waals surface area contributed by atoms with Gasteiger partial charge in [-0.1, -0.05) is 0 Å². The molecule has 0 aromatic rings. The van der Waals surface area contributed by atoms with Gasteiger partial charge < -0.3 is 6.26 Å². The summed E-state index contributed by atoms with van der Waals surface area (Å²) in [5.74, 6) is -2.27. The van der Waals surface area contributed by atoms with Crippen LogP contribution < -0.4 is 29.6 Å². The van der Waals surface area contributed by atoms with Crippen molar-refractivity contribution in [1.82, 2.24) is 5.06 Å². The average molecular weight is 247 g/mol. The van der Waals surface area contributed by atoms with Gasteiger partial charge in [0.2, 0.25) is 0 Å². The monoisotopic (exact) mass is 247 g/mol. The Morgan fingerprint density at radius 3 is 2.40 bits per heavy atom. The zero-order valence-corrected chi connectivity index (χ0v) is 10.4. The molecule has 1 fully saturated rings. The SMILES string of the molecule is O=CON1C(=O)CC(S(=O)(=O)O)C1=O.[H-].[Na+].